The molecule has 2 aromatic carbocycles. The summed E-state index contributed by atoms with van der Waals surface area (Å²) >= 11 is 0. The van der Waals surface area contributed by atoms with Crippen molar-refractivity contribution in [1.29, 1.82) is 0 Å². The average Bonchev–Trinajstić information content (AvgIpc) is 2.60. The lowest BCUT2D eigenvalue weighted by molar-refractivity contribution is -0.116. The van der Waals surface area contributed by atoms with E-state index in [0.29, 0.717) is 6.54 Å². The Labute approximate surface area is 145 Å². The van der Waals surface area contributed by atoms with Crippen LogP contribution in [0.2, 0.25) is 0 Å². The van der Waals surface area contributed by atoms with Crippen molar-refractivity contribution in [2.75, 3.05) is 25.0 Å². The number of amides is 1. The van der Waals surface area contributed by atoms with E-state index in [1.54, 1.807) is 6.08 Å². The van der Waals surface area contributed by atoms with Crippen LogP contribution in [0.3, 0.4) is 0 Å². The zero-order valence-electron chi connectivity index (χ0n) is 14.5. The number of hydrogen-bond acceptors (Lipinski definition) is 2. The normalized spacial score (nSPS) is 10.8. The van der Waals surface area contributed by atoms with Gasteiger partial charge in [0.25, 0.3) is 0 Å². The molecular weight excluding hydrogens is 296 g/mol. The number of unbranched alkanes of at least 4 members (excludes halogenated alkanes) is 1. The molecule has 0 heterocycles. The summed E-state index contributed by atoms with van der Waals surface area (Å²) in [5.41, 5.74) is 3.47. The Morgan fingerprint density at radius 2 is 1.88 bits per heavy atom. The first kappa shape index (κ1) is 17.8. The summed E-state index contributed by atoms with van der Waals surface area (Å²) in [6.45, 7) is 3.74. The van der Waals surface area contributed by atoms with E-state index in [4.69, 9.17) is 0 Å². The van der Waals surface area contributed by atoms with Crippen molar-refractivity contribution >= 4 is 17.7 Å². The van der Waals surface area contributed by atoms with Crippen molar-refractivity contribution in [3.05, 3.63) is 71.8 Å². The van der Waals surface area contributed by atoms with Gasteiger partial charge in [0.2, 0.25) is 5.91 Å². The van der Waals surface area contributed by atoms with Gasteiger partial charge in [0.15, 0.2) is 0 Å². The second-order valence-corrected chi connectivity index (χ2v) is 6.00. The number of benzene rings is 2. The summed E-state index contributed by atoms with van der Waals surface area (Å²) in [4.78, 5) is 14.0. The summed E-state index contributed by atoms with van der Waals surface area (Å²) in [5, 5.41) is 2.94. The van der Waals surface area contributed by atoms with Crippen LogP contribution < -0.4 is 10.2 Å². The first-order chi connectivity index (χ1) is 11.6. The number of anilines is 1. The third kappa shape index (κ3) is 6.29. The molecule has 126 valence electrons. The van der Waals surface area contributed by atoms with E-state index in [1.165, 1.54) is 11.3 Å². The number of carbonyl (C=O) groups excluding carboxylic acids is 1. The standard InChI is InChI=1S/C21H26N2O/c1-18-9-8-10-19(17-18)13-14-21(24)22-15-6-7-16-23(2)20-11-4-3-5-12-20/h3-5,8-14,17H,6-7,15-16H2,1-2H3,(H,22,24)/b14-13+. The molecule has 2 rings (SSSR count). The molecule has 0 fully saturated rings. The lowest BCUT2D eigenvalue weighted by Crippen LogP contribution is -2.24. The second-order valence-electron chi connectivity index (χ2n) is 6.00. The van der Waals surface area contributed by atoms with E-state index in [-0.39, 0.29) is 5.91 Å². The highest BCUT2D eigenvalue weighted by Gasteiger charge is 2.00. The number of aryl methyl sites for hydroxylation is 1. The molecule has 0 aromatic heterocycles. The topological polar surface area (TPSA) is 32.3 Å². The number of rotatable bonds is 8. The van der Waals surface area contributed by atoms with Crippen LogP contribution in [0.5, 0.6) is 0 Å². The van der Waals surface area contributed by atoms with E-state index in [2.05, 4.69) is 35.5 Å². The zero-order valence-corrected chi connectivity index (χ0v) is 14.5. The molecule has 1 N–H and O–H groups in total. The minimum atomic E-state index is -0.0343. The van der Waals surface area contributed by atoms with Crippen LogP contribution in [0.15, 0.2) is 60.7 Å². The smallest absolute Gasteiger partial charge is 0.243 e. The van der Waals surface area contributed by atoms with Crippen LogP contribution in [0.4, 0.5) is 5.69 Å². The van der Waals surface area contributed by atoms with Gasteiger partial charge in [-0.2, -0.15) is 0 Å². The average molecular weight is 322 g/mol. The third-order valence-corrected chi connectivity index (χ3v) is 3.89. The van der Waals surface area contributed by atoms with Gasteiger partial charge in [0, 0.05) is 31.9 Å². The molecule has 0 aliphatic carbocycles. The van der Waals surface area contributed by atoms with Gasteiger partial charge in [-0.15, -0.1) is 0 Å². The molecule has 0 atom stereocenters. The molecule has 3 heteroatoms. The van der Waals surface area contributed by atoms with Gasteiger partial charge in [-0.3, -0.25) is 4.79 Å². The summed E-state index contributed by atoms with van der Waals surface area (Å²) in [6.07, 6.45) is 5.48. The van der Waals surface area contributed by atoms with E-state index < -0.39 is 0 Å². The quantitative estimate of drug-likeness (QED) is 0.587. The highest BCUT2D eigenvalue weighted by molar-refractivity contribution is 5.91. The molecule has 0 unspecified atom stereocenters. The highest BCUT2D eigenvalue weighted by atomic mass is 16.1. The molecular formula is C21H26N2O. The summed E-state index contributed by atoms with van der Waals surface area (Å²) in [5.74, 6) is -0.0343. The van der Waals surface area contributed by atoms with Crippen molar-refractivity contribution in [2.24, 2.45) is 0 Å². The second kappa shape index (κ2) is 9.56. The third-order valence-electron chi connectivity index (χ3n) is 3.89. The van der Waals surface area contributed by atoms with Gasteiger partial charge in [-0.25, -0.2) is 0 Å². The lowest BCUT2D eigenvalue weighted by Gasteiger charge is -2.18. The molecule has 1 amide bonds. The fourth-order valence-corrected chi connectivity index (χ4v) is 2.50. The largest absolute Gasteiger partial charge is 0.375 e. The van der Waals surface area contributed by atoms with Crippen LogP contribution in [0.1, 0.15) is 24.0 Å². The summed E-state index contributed by atoms with van der Waals surface area (Å²) in [6, 6.07) is 18.4. The van der Waals surface area contributed by atoms with Crippen molar-refractivity contribution < 1.29 is 4.79 Å². The van der Waals surface area contributed by atoms with Crippen LogP contribution in [-0.4, -0.2) is 26.0 Å². The molecule has 0 aliphatic rings. The number of para-hydroxylation sites is 1. The van der Waals surface area contributed by atoms with Crippen LogP contribution >= 0.6 is 0 Å². The predicted molar refractivity (Wildman–Crippen MR) is 102 cm³/mol. The molecule has 0 radical (unpaired) electrons. The Morgan fingerprint density at radius 1 is 1.08 bits per heavy atom. The maximum absolute atomic E-state index is 11.8. The Kier molecular flexibility index (Phi) is 7.09. The Morgan fingerprint density at radius 3 is 2.62 bits per heavy atom. The molecule has 0 saturated carbocycles. The molecule has 0 saturated heterocycles. The van der Waals surface area contributed by atoms with Crippen molar-refractivity contribution in [1.82, 2.24) is 5.32 Å². The minimum Gasteiger partial charge on any atom is -0.375 e. The number of nitrogens with zero attached hydrogens (tertiary/aromatic N) is 1. The van der Waals surface area contributed by atoms with Crippen molar-refractivity contribution in [2.45, 2.75) is 19.8 Å². The van der Waals surface area contributed by atoms with Gasteiger partial charge in [0.1, 0.15) is 0 Å². The number of carbonyl (C=O) groups is 1. The molecule has 3 nitrogen and oxygen atoms in total. The zero-order chi connectivity index (χ0) is 17.2. The van der Waals surface area contributed by atoms with Gasteiger partial charge < -0.3 is 10.2 Å². The number of hydrogen-bond donors (Lipinski definition) is 1. The molecule has 0 aliphatic heterocycles. The monoisotopic (exact) mass is 322 g/mol. The van der Waals surface area contributed by atoms with Crippen molar-refractivity contribution in [3.8, 4) is 0 Å². The minimum absolute atomic E-state index is 0.0343. The first-order valence-electron chi connectivity index (χ1n) is 8.44. The van der Waals surface area contributed by atoms with Crippen LogP contribution in [0.25, 0.3) is 6.08 Å². The SMILES string of the molecule is Cc1cccc(/C=C/C(=O)NCCCCN(C)c2ccccc2)c1. The maximum Gasteiger partial charge on any atom is 0.243 e. The van der Waals surface area contributed by atoms with E-state index in [9.17, 15) is 4.79 Å². The van der Waals surface area contributed by atoms with Crippen molar-refractivity contribution in [3.63, 3.8) is 0 Å². The molecule has 0 bridgehead atoms. The van der Waals surface area contributed by atoms with E-state index in [0.717, 1.165) is 24.9 Å². The first-order valence-corrected chi connectivity index (χ1v) is 8.44. The maximum atomic E-state index is 11.8. The Bertz CT molecular complexity index is 665. The van der Waals surface area contributed by atoms with Gasteiger partial charge >= 0.3 is 0 Å². The molecule has 24 heavy (non-hydrogen) atoms. The Balaban J connectivity index is 1.62. The summed E-state index contributed by atoms with van der Waals surface area (Å²) in [7, 11) is 2.10. The van der Waals surface area contributed by atoms with E-state index >= 15 is 0 Å². The van der Waals surface area contributed by atoms with Gasteiger partial charge in [-0.1, -0.05) is 48.0 Å². The van der Waals surface area contributed by atoms with E-state index in [1.807, 2.05) is 49.4 Å². The van der Waals surface area contributed by atoms with Gasteiger partial charge in [-0.05, 0) is 43.5 Å². The summed E-state index contributed by atoms with van der Waals surface area (Å²) < 4.78 is 0. The van der Waals surface area contributed by atoms with Gasteiger partial charge in [0.05, 0.1) is 0 Å². The van der Waals surface area contributed by atoms with Crippen LogP contribution in [0, 0.1) is 6.92 Å². The Hall–Kier alpha value is -2.55. The fraction of sp³-hybridized carbons (Fsp3) is 0.286. The molecule has 2 aromatic rings. The van der Waals surface area contributed by atoms with Crippen LogP contribution in [-0.2, 0) is 4.79 Å². The lowest BCUT2D eigenvalue weighted by atomic mass is 10.1. The molecule has 0 spiro atoms. The fourth-order valence-electron chi connectivity index (χ4n) is 2.50. The predicted octanol–water partition coefficient (Wildman–Crippen LogP) is 4.04. The number of nitrogens with one attached hydrogen (secondary N) is 1. The highest BCUT2D eigenvalue weighted by Crippen LogP contribution is 2.11.